The molecule has 0 bridgehead atoms. The van der Waals surface area contributed by atoms with Gasteiger partial charge in [0.05, 0.1) is 6.10 Å². The summed E-state index contributed by atoms with van der Waals surface area (Å²) in [5.41, 5.74) is 1.19. The molecule has 1 heterocycles. The van der Waals surface area contributed by atoms with Crippen molar-refractivity contribution in [3.8, 4) is 0 Å². The quantitative estimate of drug-likeness (QED) is 0.849. The number of amides is 2. The molecule has 0 aliphatic carbocycles. The summed E-state index contributed by atoms with van der Waals surface area (Å²) in [7, 11) is 0. The lowest BCUT2D eigenvalue weighted by molar-refractivity contribution is 0.0910. The van der Waals surface area contributed by atoms with E-state index in [0.717, 1.165) is 13.0 Å². The number of thioether (sulfide) groups is 1. The zero-order valence-electron chi connectivity index (χ0n) is 12.7. The van der Waals surface area contributed by atoms with Gasteiger partial charge in [-0.05, 0) is 18.2 Å². The molecule has 3 atom stereocenters. The number of carbonyl (C=O) groups is 1. The van der Waals surface area contributed by atoms with Crippen molar-refractivity contribution in [1.82, 2.24) is 10.6 Å². The van der Waals surface area contributed by atoms with Crippen LogP contribution < -0.4 is 10.6 Å². The van der Waals surface area contributed by atoms with Crippen LogP contribution in [-0.4, -0.2) is 37.2 Å². The van der Waals surface area contributed by atoms with Gasteiger partial charge in [0.25, 0.3) is 0 Å². The lowest BCUT2D eigenvalue weighted by Crippen LogP contribution is -2.40. The molecular weight excluding hydrogens is 284 g/mol. The van der Waals surface area contributed by atoms with Crippen molar-refractivity contribution < 1.29 is 9.53 Å². The molecule has 0 spiro atoms. The number of benzene rings is 1. The van der Waals surface area contributed by atoms with E-state index in [0.29, 0.717) is 24.3 Å². The summed E-state index contributed by atoms with van der Waals surface area (Å²) in [6, 6.07) is 10.1. The predicted molar refractivity (Wildman–Crippen MR) is 87.6 cm³/mol. The number of hydrogen-bond acceptors (Lipinski definition) is 3. The number of rotatable bonds is 6. The van der Waals surface area contributed by atoms with Crippen molar-refractivity contribution in [3.05, 3.63) is 35.9 Å². The third kappa shape index (κ3) is 4.93. The predicted octanol–water partition coefficient (Wildman–Crippen LogP) is 2.81. The van der Waals surface area contributed by atoms with Gasteiger partial charge in [-0.2, -0.15) is 11.8 Å². The highest BCUT2D eigenvalue weighted by atomic mass is 32.2. The molecular formula is C16H24N2O2S. The summed E-state index contributed by atoms with van der Waals surface area (Å²) in [5.74, 6) is 0.344. The Kier molecular flexibility index (Phi) is 6.39. The van der Waals surface area contributed by atoms with Gasteiger partial charge in [0.1, 0.15) is 0 Å². The Morgan fingerprint density at radius 1 is 1.38 bits per heavy atom. The SMILES string of the molecule is CS[C@H](C)CNC(=O)NC[C@H]1CCO[C@@H]1c1ccccc1. The smallest absolute Gasteiger partial charge is 0.314 e. The first-order valence-electron chi connectivity index (χ1n) is 7.41. The second kappa shape index (κ2) is 8.29. The van der Waals surface area contributed by atoms with Crippen molar-refractivity contribution in [2.75, 3.05) is 26.0 Å². The first kappa shape index (κ1) is 16.2. The topological polar surface area (TPSA) is 50.4 Å². The maximum Gasteiger partial charge on any atom is 0.314 e. The average molecular weight is 308 g/mol. The van der Waals surface area contributed by atoms with Gasteiger partial charge >= 0.3 is 6.03 Å². The standard InChI is InChI=1S/C16H24N2O2S/c1-12(21-2)10-17-16(19)18-11-14-8-9-20-15(14)13-6-4-3-5-7-13/h3-7,12,14-15H,8-11H2,1-2H3,(H2,17,18,19)/t12-,14-,15-/m1/s1. The van der Waals surface area contributed by atoms with E-state index in [1.165, 1.54) is 5.56 Å². The van der Waals surface area contributed by atoms with Gasteiger partial charge in [-0.25, -0.2) is 4.79 Å². The first-order valence-corrected chi connectivity index (χ1v) is 8.70. The van der Waals surface area contributed by atoms with Crippen molar-refractivity contribution >= 4 is 17.8 Å². The molecule has 1 fully saturated rings. The summed E-state index contributed by atoms with van der Waals surface area (Å²) in [5, 5.41) is 6.30. The molecule has 2 amide bonds. The van der Waals surface area contributed by atoms with Crippen LogP contribution in [0.3, 0.4) is 0 Å². The molecule has 2 rings (SSSR count). The van der Waals surface area contributed by atoms with Crippen LogP contribution in [0, 0.1) is 5.92 Å². The normalized spacial score (nSPS) is 22.8. The van der Waals surface area contributed by atoms with Crippen molar-refractivity contribution in [2.24, 2.45) is 5.92 Å². The van der Waals surface area contributed by atoms with Crippen LogP contribution in [0.2, 0.25) is 0 Å². The number of nitrogens with one attached hydrogen (secondary N) is 2. The monoisotopic (exact) mass is 308 g/mol. The first-order chi connectivity index (χ1) is 10.2. The Morgan fingerprint density at radius 3 is 2.86 bits per heavy atom. The maximum atomic E-state index is 11.8. The second-order valence-corrected chi connectivity index (χ2v) is 6.66. The molecule has 1 aromatic carbocycles. The Bertz CT molecular complexity index is 441. The molecule has 116 valence electrons. The lowest BCUT2D eigenvalue weighted by Gasteiger charge is -2.19. The van der Waals surface area contributed by atoms with E-state index < -0.39 is 0 Å². The molecule has 0 unspecified atom stereocenters. The van der Waals surface area contributed by atoms with Crippen molar-refractivity contribution in [2.45, 2.75) is 24.7 Å². The summed E-state index contributed by atoms with van der Waals surface area (Å²) in [6.45, 7) is 4.20. The Hall–Kier alpha value is -1.20. The molecule has 1 aliphatic rings. The van der Waals surface area contributed by atoms with Crippen LogP contribution in [-0.2, 0) is 4.74 Å². The van der Waals surface area contributed by atoms with Crippen LogP contribution in [0.5, 0.6) is 0 Å². The fraction of sp³-hybridized carbons (Fsp3) is 0.562. The van der Waals surface area contributed by atoms with Gasteiger partial charge in [-0.15, -0.1) is 0 Å². The minimum absolute atomic E-state index is 0.0883. The fourth-order valence-corrected chi connectivity index (χ4v) is 2.71. The maximum absolute atomic E-state index is 11.8. The summed E-state index contributed by atoms with van der Waals surface area (Å²) >= 11 is 1.75. The Morgan fingerprint density at radius 2 is 2.14 bits per heavy atom. The molecule has 0 radical (unpaired) electrons. The molecule has 1 aromatic rings. The highest BCUT2D eigenvalue weighted by Crippen LogP contribution is 2.33. The minimum Gasteiger partial charge on any atom is -0.373 e. The van der Waals surface area contributed by atoms with E-state index in [1.54, 1.807) is 11.8 Å². The van der Waals surface area contributed by atoms with Crippen LogP contribution in [0.25, 0.3) is 0 Å². The average Bonchev–Trinajstić information content (AvgIpc) is 2.99. The van der Waals surface area contributed by atoms with Crippen LogP contribution in [0.15, 0.2) is 30.3 Å². The van der Waals surface area contributed by atoms with Gasteiger partial charge in [0.2, 0.25) is 0 Å². The molecule has 2 N–H and O–H groups in total. The molecule has 1 saturated heterocycles. The lowest BCUT2D eigenvalue weighted by atomic mass is 9.95. The Balaban J connectivity index is 1.78. The van der Waals surface area contributed by atoms with Gasteiger partial charge in [-0.3, -0.25) is 0 Å². The third-order valence-electron chi connectivity index (χ3n) is 3.82. The van der Waals surface area contributed by atoms with Gasteiger partial charge < -0.3 is 15.4 Å². The van der Waals surface area contributed by atoms with Crippen molar-refractivity contribution in [3.63, 3.8) is 0 Å². The molecule has 0 saturated carbocycles. The molecule has 21 heavy (non-hydrogen) atoms. The molecule has 4 nitrogen and oxygen atoms in total. The second-order valence-electron chi connectivity index (χ2n) is 5.39. The van der Waals surface area contributed by atoms with E-state index in [1.807, 2.05) is 24.5 Å². The third-order valence-corrected chi connectivity index (χ3v) is 4.79. The zero-order valence-corrected chi connectivity index (χ0v) is 13.5. The molecule has 1 aliphatic heterocycles. The highest BCUT2D eigenvalue weighted by molar-refractivity contribution is 7.99. The summed E-state index contributed by atoms with van der Waals surface area (Å²) in [4.78, 5) is 11.8. The number of hydrogen-bond donors (Lipinski definition) is 2. The van der Waals surface area contributed by atoms with E-state index in [-0.39, 0.29) is 12.1 Å². The van der Waals surface area contributed by atoms with Gasteiger partial charge in [0, 0.05) is 30.9 Å². The zero-order chi connectivity index (χ0) is 15.1. The van der Waals surface area contributed by atoms with E-state index >= 15 is 0 Å². The highest BCUT2D eigenvalue weighted by Gasteiger charge is 2.29. The molecule has 0 aromatic heterocycles. The molecule has 5 heteroatoms. The number of ether oxygens (including phenoxy) is 1. The van der Waals surface area contributed by atoms with Crippen molar-refractivity contribution in [1.29, 1.82) is 0 Å². The van der Waals surface area contributed by atoms with Gasteiger partial charge in [0.15, 0.2) is 0 Å². The van der Waals surface area contributed by atoms with Gasteiger partial charge in [-0.1, -0.05) is 37.3 Å². The van der Waals surface area contributed by atoms with Crippen LogP contribution >= 0.6 is 11.8 Å². The van der Waals surface area contributed by atoms with E-state index in [4.69, 9.17) is 4.74 Å². The Labute approximate surface area is 131 Å². The summed E-state index contributed by atoms with van der Waals surface area (Å²) < 4.78 is 5.82. The number of carbonyl (C=O) groups excluding carboxylic acids is 1. The number of urea groups is 1. The van der Waals surface area contributed by atoms with Crippen LogP contribution in [0.4, 0.5) is 4.79 Å². The minimum atomic E-state index is -0.0883. The van der Waals surface area contributed by atoms with E-state index in [9.17, 15) is 4.79 Å². The summed E-state index contributed by atoms with van der Waals surface area (Å²) in [6.07, 6.45) is 3.13. The largest absolute Gasteiger partial charge is 0.373 e. The van der Waals surface area contributed by atoms with E-state index in [2.05, 4.69) is 29.7 Å². The van der Waals surface area contributed by atoms with Crippen LogP contribution in [0.1, 0.15) is 25.0 Å². The fourth-order valence-electron chi connectivity index (χ4n) is 2.46.